The largest absolute Gasteiger partial charge is 0.378 e. The molecule has 2 aromatic heterocycles. The Morgan fingerprint density at radius 2 is 1.79 bits per heavy atom. The van der Waals surface area contributed by atoms with Crippen molar-refractivity contribution < 1.29 is 4.74 Å². The van der Waals surface area contributed by atoms with E-state index in [0.29, 0.717) is 12.0 Å². The third-order valence-electron chi connectivity index (χ3n) is 5.22. The van der Waals surface area contributed by atoms with Crippen molar-refractivity contribution in [2.45, 2.75) is 45.6 Å². The SMILES string of the molecule is Cc1cc(C)n(-c2ccc(N3CCC(C4CCCO4)CC3)nn2)n1. The molecule has 6 heteroatoms. The molecule has 2 aliphatic heterocycles. The summed E-state index contributed by atoms with van der Waals surface area (Å²) in [6.45, 7) is 7.05. The van der Waals surface area contributed by atoms with Crippen LogP contribution in [0.1, 0.15) is 37.1 Å². The average molecular weight is 327 g/mol. The average Bonchev–Trinajstić information content (AvgIpc) is 3.25. The van der Waals surface area contributed by atoms with Crippen LogP contribution in [-0.4, -0.2) is 45.8 Å². The first-order valence-electron chi connectivity index (χ1n) is 8.94. The van der Waals surface area contributed by atoms with Gasteiger partial charge in [0.1, 0.15) is 0 Å². The Hall–Kier alpha value is -1.95. The van der Waals surface area contributed by atoms with Gasteiger partial charge in [0.2, 0.25) is 0 Å². The third kappa shape index (κ3) is 3.02. The molecule has 2 aliphatic rings. The molecular weight excluding hydrogens is 302 g/mol. The first-order chi connectivity index (χ1) is 11.7. The predicted octanol–water partition coefficient (Wildman–Crippen LogP) is 2.67. The van der Waals surface area contributed by atoms with Gasteiger partial charge in [0.25, 0.3) is 0 Å². The Kier molecular flexibility index (Phi) is 4.22. The van der Waals surface area contributed by atoms with Gasteiger partial charge in [-0.3, -0.25) is 0 Å². The number of ether oxygens (including phenoxy) is 1. The molecule has 1 unspecified atom stereocenters. The summed E-state index contributed by atoms with van der Waals surface area (Å²) in [4.78, 5) is 2.34. The second-order valence-electron chi connectivity index (χ2n) is 6.96. The van der Waals surface area contributed by atoms with E-state index >= 15 is 0 Å². The lowest BCUT2D eigenvalue weighted by Gasteiger charge is -2.34. The van der Waals surface area contributed by atoms with Gasteiger partial charge in [-0.1, -0.05) is 0 Å². The van der Waals surface area contributed by atoms with Crippen LogP contribution in [0, 0.1) is 19.8 Å². The quantitative estimate of drug-likeness (QED) is 0.867. The van der Waals surface area contributed by atoms with Gasteiger partial charge < -0.3 is 9.64 Å². The molecule has 2 aromatic rings. The van der Waals surface area contributed by atoms with E-state index in [-0.39, 0.29) is 0 Å². The molecule has 6 nitrogen and oxygen atoms in total. The summed E-state index contributed by atoms with van der Waals surface area (Å²) >= 11 is 0. The molecule has 1 atom stereocenters. The van der Waals surface area contributed by atoms with Gasteiger partial charge in [0, 0.05) is 25.4 Å². The maximum atomic E-state index is 5.86. The van der Waals surface area contributed by atoms with Gasteiger partial charge >= 0.3 is 0 Å². The highest BCUT2D eigenvalue weighted by Gasteiger charge is 2.29. The van der Waals surface area contributed by atoms with E-state index in [2.05, 4.69) is 26.3 Å². The van der Waals surface area contributed by atoms with Crippen molar-refractivity contribution in [1.82, 2.24) is 20.0 Å². The van der Waals surface area contributed by atoms with E-state index in [1.807, 2.05) is 30.7 Å². The molecule has 4 rings (SSSR count). The summed E-state index contributed by atoms with van der Waals surface area (Å²) in [6, 6.07) is 6.12. The van der Waals surface area contributed by atoms with Crippen LogP contribution in [0.25, 0.3) is 5.82 Å². The minimum Gasteiger partial charge on any atom is -0.378 e. The highest BCUT2D eigenvalue weighted by molar-refractivity contribution is 5.40. The molecule has 0 aliphatic carbocycles. The summed E-state index contributed by atoms with van der Waals surface area (Å²) in [6.07, 6.45) is 5.33. The molecule has 0 radical (unpaired) electrons. The van der Waals surface area contributed by atoms with Crippen molar-refractivity contribution in [3.63, 3.8) is 0 Å². The maximum absolute atomic E-state index is 5.86. The Balaban J connectivity index is 1.41. The van der Waals surface area contributed by atoms with Crippen LogP contribution >= 0.6 is 0 Å². The number of piperidine rings is 1. The van der Waals surface area contributed by atoms with Crippen LogP contribution in [-0.2, 0) is 4.74 Å². The van der Waals surface area contributed by atoms with Crippen molar-refractivity contribution in [3.8, 4) is 5.82 Å². The normalized spacial score (nSPS) is 22.2. The minimum absolute atomic E-state index is 0.492. The van der Waals surface area contributed by atoms with Crippen molar-refractivity contribution in [2.75, 3.05) is 24.6 Å². The molecule has 2 saturated heterocycles. The number of nitrogens with zero attached hydrogens (tertiary/aromatic N) is 5. The van der Waals surface area contributed by atoms with E-state index in [4.69, 9.17) is 4.74 Å². The lowest BCUT2D eigenvalue weighted by molar-refractivity contribution is 0.0531. The first kappa shape index (κ1) is 15.6. The van der Waals surface area contributed by atoms with Crippen LogP contribution < -0.4 is 4.90 Å². The van der Waals surface area contributed by atoms with Gasteiger partial charge in [-0.15, -0.1) is 10.2 Å². The molecule has 24 heavy (non-hydrogen) atoms. The molecule has 0 aromatic carbocycles. The Labute approximate surface area is 142 Å². The number of aryl methyl sites for hydroxylation is 2. The fraction of sp³-hybridized carbons (Fsp3) is 0.611. The van der Waals surface area contributed by atoms with Crippen molar-refractivity contribution in [1.29, 1.82) is 0 Å². The van der Waals surface area contributed by atoms with E-state index in [1.165, 1.54) is 25.7 Å². The molecule has 0 N–H and O–H groups in total. The van der Waals surface area contributed by atoms with Crippen molar-refractivity contribution in [2.24, 2.45) is 5.92 Å². The minimum atomic E-state index is 0.492. The molecule has 4 heterocycles. The van der Waals surface area contributed by atoms with Gasteiger partial charge in [-0.2, -0.15) is 5.10 Å². The highest BCUT2D eigenvalue weighted by Crippen LogP contribution is 2.30. The molecule has 2 fully saturated rings. The topological polar surface area (TPSA) is 56.1 Å². The summed E-state index contributed by atoms with van der Waals surface area (Å²) in [5.74, 6) is 2.45. The third-order valence-corrected chi connectivity index (χ3v) is 5.22. The summed E-state index contributed by atoms with van der Waals surface area (Å²) in [7, 11) is 0. The van der Waals surface area contributed by atoms with E-state index in [9.17, 15) is 0 Å². The Bertz CT molecular complexity index is 682. The molecular formula is C18H25N5O. The number of anilines is 1. The Morgan fingerprint density at radius 1 is 1.04 bits per heavy atom. The lowest BCUT2D eigenvalue weighted by Crippen LogP contribution is -2.38. The molecule has 128 valence electrons. The first-order valence-corrected chi connectivity index (χ1v) is 8.94. The predicted molar refractivity (Wildman–Crippen MR) is 92.5 cm³/mol. The summed E-state index contributed by atoms with van der Waals surface area (Å²) in [5, 5.41) is 13.3. The fourth-order valence-corrected chi connectivity index (χ4v) is 3.94. The van der Waals surface area contributed by atoms with Crippen LogP contribution in [0.15, 0.2) is 18.2 Å². The van der Waals surface area contributed by atoms with E-state index in [1.54, 1.807) is 0 Å². The van der Waals surface area contributed by atoms with Crippen LogP contribution in [0.5, 0.6) is 0 Å². The second kappa shape index (κ2) is 6.51. The number of rotatable bonds is 3. The zero-order chi connectivity index (χ0) is 16.5. The number of hydrogen-bond donors (Lipinski definition) is 0. The highest BCUT2D eigenvalue weighted by atomic mass is 16.5. The van der Waals surface area contributed by atoms with Crippen molar-refractivity contribution in [3.05, 3.63) is 29.6 Å². The van der Waals surface area contributed by atoms with Crippen molar-refractivity contribution >= 4 is 5.82 Å². The van der Waals surface area contributed by atoms with Crippen LogP contribution in [0.2, 0.25) is 0 Å². The number of hydrogen-bond acceptors (Lipinski definition) is 5. The fourth-order valence-electron chi connectivity index (χ4n) is 3.94. The summed E-state index contributed by atoms with van der Waals surface area (Å²) in [5.41, 5.74) is 2.07. The molecule has 0 bridgehead atoms. The Morgan fingerprint density at radius 3 is 2.38 bits per heavy atom. The molecule has 0 spiro atoms. The summed E-state index contributed by atoms with van der Waals surface area (Å²) < 4.78 is 7.70. The van der Waals surface area contributed by atoms with Gasteiger partial charge in [0.05, 0.1) is 11.8 Å². The zero-order valence-corrected chi connectivity index (χ0v) is 14.5. The lowest BCUT2D eigenvalue weighted by atomic mass is 9.90. The number of aromatic nitrogens is 4. The van der Waals surface area contributed by atoms with Gasteiger partial charge in [-0.25, -0.2) is 4.68 Å². The van der Waals surface area contributed by atoms with Gasteiger partial charge in [0.15, 0.2) is 11.6 Å². The van der Waals surface area contributed by atoms with Crippen LogP contribution in [0.4, 0.5) is 5.82 Å². The smallest absolute Gasteiger partial charge is 0.176 e. The second-order valence-corrected chi connectivity index (χ2v) is 6.96. The monoisotopic (exact) mass is 327 g/mol. The van der Waals surface area contributed by atoms with E-state index < -0.39 is 0 Å². The molecule has 0 saturated carbocycles. The zero-order valence-electron chi connectivity index (χ0n) is 14.5. The van der Waals surface area contributed by atoms with Crippen LogP contribution in [0.3, 0.4) is 0 Å². The van der Waals surface area contributed by atoms with Gasteiger partial charge in [-0.05, 0) is 63.6 Å². The molecule has 0 amide bonds. The maximum Gasteiger partial charge on any atom is 0.176 e. The standard InChI is InChI=1S/C18H25N5O/c1-13-12-14(2)23(21-13)18-6-5-17(19-20-18)22-9-7-15(8-10-22)16-4-3-11-24-16/h5-6,12,15-16H,3-4,7-11H2,1-2H3. The van der Waals surface area contributed by atoms with E-state index in [0.717, 1.165) is 42.7 Å².